The molecule has 1 aliphatic carbocycles. The van der Waals surface area contributed by atoms with Crippen molar-refractivity contribution in [1.82, 2.24) is 15.3 Å². The van der Waals surface area contributed by atoms with Gasteiger partial charge in [0.15, 0.2) is 5.16 Å². The summed E-state index contributed by atoms with van der Waals surface area (Å²) in [5.41, 5.74) is 3.69. The van der Waals surface area contributed by atoms with Crippen LogP contribution < -0.4 is 5.32 Å². The van der Waals surface area contributed by atoms with Crippen molar-refractivity contribution in [2.75, 3.05) is 0 Å². The first-order valence-corrected chi connectivity index (χ1v) is 7.82. The van der Waals surface area contributed by atoms with E-state index >= 15 is 0 Å². The van der Waals surface area contributed by atoms with Crippen LogP contribution in [0.3, 0.4) is 0 Å². The molecule has 20 heavy (non-hydrogen) atoms. The maximum absolute atomic E-state index is 4.45. The fourth-order valence-corrected chi connectivity index (χ4v) is 2.83. The third-order valence-corrected chi connectivity index (χ3v) is 4.45. The van der Waals surface area contributed by atoms with Crippen molar-refractivity contribution in [3.63, 3.8) is 0 Å². The van der Waals surface area contributed by atoms with E-state index in [-0.39, 0.29) is 0 Å². The fourth-order valence-electron chi connectivity index (χ4n) is 1.95. The smallest absolute Gasteiger partial charge is 0.192 e. The minimum atomic E-state index is 0.721. The van der Waals surface area contributed by atoms with Gasteiger partial charge in [-0.3, -0.25) is 0 Å². The topological polar surface area (TPSA) is 37.8 Å². The molecule has 1 heterocycles. The average Bonchev–Trinajstić information content (AvgIpc) is 3.26. The monoisotopic (exact) mass is 285 g/mol. The molecule has 1 fully saturated rings. The summed E-state index contributed by atoms with van der Waals surface area (Å²) in [6.07, 6.45) is 6.47. The lowest BCUT2D eigenvalue weighted by molar-refractivity contribution is 0.680. The molecule has 0 amide bonds. The van der Waals surface area contributed by atoms with Crippen molar-refractivity contribution < 1.29 is 0 Å². The molecule has 0 bridgehead atoms. The van der Waals surface area contributed by atoms with Crippen molar-refractivity contribution in [3.8, 4) is 0 Å². The van der Waals surface area contributed by atoms with Crippen LogP contribution in [-0.4, -0.2) is 16.0 Å². The maximum Gasteiger partial charge on any atom is 0.192 e. The van der Waals surface area contributed by atoms with E-state index in [9.17, 15) is 0 Å². The van der Waals surface area contributed by atoms with Gasteiger partial charge in [0, 0.05) is 35.4 Å². The van der Waals surface area contributed by atoms with Gasteiger partial charge in [0.05, 0.1) is 0 Å². The second kappa shape index (κ2) is 5.94. The zero-order valence-corrected chi connectivity index (χ0v) is 12.7. The molecular weight excluding hydrogens is 266 g/mol. The molecule has 0 spiro atoms. The molecule has 4 heteroatoms. The van der Waals surface area contributed by atoms with Crippen molar-refractivity contribution in [1.29, 1.82) is 0 Å². The van der Waals surface area contributed by atoms with Gasteiger partial charge in [0.1, 0.15) is 0 Å². The van der Waals surface area contributed by atoms with E-state index in [2.05, 4.69) is 47.3 Å². The Morgan fingerprint density at radius 1 is 1.20 bits per heavy atom. The van der Waals surface area contributed by atoms with Gasteiger partial charge in [-0.2, -0.15) is 0 Å². The van der Waals surface area contributed by atoms with Gasteiger partial charge in [0.25, 0.3) is 0 Å². The summed E-state index contributed by atoms with van der Waals surface area (Å²) in [5.74, 6) is 0. The van der Waals surface area contributed by atoms with E-state index in [4.69, 9.17) is 0 Å². The summed E-state index contributed by atoms with van der Waals surface area (Å²) < 4.78 is 0. The Hall–Kier alpha value is -1.39. The first-order valence-electron chi connectivity index (χ1n) is 7.00. The van der Waals surface area contributed by atoms with Crippen LogP contribution in [0, 0.1) is 13.8 Å². The predicted molar refractivity (Wildman–Crippen MR) is 81.9 cm³/mol. The van der Waals surface area contributed by atoms with Crippen LogP contribution in [0.1, 0.15) is 29.5 Å². The van der Waals surface area contributed by atoms with E-state index in [1.807, 2.05) is 12.4 Å². The number of hydrogen-bond acceptors (Lipinski definition) is 4. The number of aryl methyl sites for hydroxylation is 2. The predicted octanol–water partition coefficient (Wildman–Crippen LogP) is 3.50. The molecule has 104 valence electrons. The zero-order chi connectivity index (χ0) is 13.9. The molecule has 0 saturated heterocycles. The van der Waals surface area contributed by atoms with Crippen LogP contribution in [0.2, 0.25) is 0 Å². The highest BCUT2D eigenvalue weighted by molar-refractivity contribution is 7.99. The molecule has 1 aliphatic rings. The quantitative estimate of drug-likeness (QED) is 0.853. The van der Waals surface area contributed by atoms with Crippen LogP contribution in [-0.2, 0) is 6.54 Å². The summed E-state index contributed by atoms with van der Waals surface area (Å²) in [7, 11) is 0. The van der Waals surface area contributed by atoms with Crippen LogP contribution >= 0.6 is 11.8 Å². The highest BCUT2D eigenvalue weighted by Gasteiger charge is 2.19. The molecule has 0 radical (unpaired) electrons. The second-order valence-electron chi connectivity index (χ2n) is 5.40. The summed E-state index contributed by atoms with van der Waals surface area (Å²) >= 11 is 1.63. The lowest BCUT2D eigenvalue weighted by atomic mass is 10.2. The Kier molecular flexibility index (Phi) is 4.03. The Balaban J connectivity index is 1.66. The SMILES string of the molecule is Cc1ccc(C)c(Sc2ncc(CNC3CC3)cn2)c1. The van der Waals surface area contributed by atoms with Gasteiger partial charge in [-0.1, -0.05) is 12.1 Å². The minimum absolute atomic E-state index is 0.721. The molecule has 1 aromatic heterocycles. The van der Waals surface area contributed by atoms with E-state index in [1.165, 1.54) is 28.9 Å². The zero-order valence-electron chi connectivity index (χ0n) is 11.9. The number of nitrogens with zero attached hydrogens (tertiary/aromatic N) is 2. The van der Waals surface area contributed by atoms with E-state index in [0.717, 1.165) is 23.3 Å². The molecule has 0 unspecified atom stereocenters. The lowest BCUT2D eigenvalue weighted by Gasteiger charge is -2.06. The van der Waals surface area contributed by atoms with Crippen molar-refractivity contribution in [3.05, 3.63) is 47.3 Å². The lowest BCUT2D eigenvalue weighted by Crippen LogP contribution is -2.15. The maximum atomic E-state index is 4.45. The largest absolute Gasteiger partial charge is 0.310 e. The fraction of sp³-hybridized carbons (Fsp3) is 0.375. The van der Waals surface area contributed by atoms with Gasteiger partial charge in [0.2, 0.25) is 0 Å². The minimum Gasteiger partial charge on any atom is -0.310 e. The van der Waals surface area contributed by atoms with Gasteiger partial charge in [-0.15, -0.1) is 0 Å². The molecule has 3 nitrogen and oxygen atoms in total. The van der Waals surface area contributed by atoms with Crippen LogP contribution in [0.25, 0.3) is 0 Å². The summed E-state index contributed by atoms with van der Waals surface area (Å²) in [6, 6.07) is 7.18. The number of benzene rings is 1. The van der Waals surface area contributed by atoms with E-state index in [1.54, 1.807) is 11.8 Å². The molecule has 3 rings (SSSR count). The molecule has 2 aromatic rings. The number of hydrogen-bond donors (Lipinski definition) is 1. The molecule has 0 aliphatic heterocycles. The number of rotatable bonds is 5. The highest BCUT2D eigenvalue weighted by Crippen LogP contribution is 2.28. The first-order chi connectivity index (χ1) is 9.70. The Morgan fingerprint density at radius 3 is 2.65 bits per heavy atom. The molecule has 1 saturated carbocycles. The van der Waals surface area contributed by atoms with Crippen LogP contribution in [0.4, 0.5) is 0 Å². The third-order valence-electron chi connectivity index (χ3n) is 3.40. The van der Waals surface area contributed by atoms with Gasteiger partial charge >= 0.3 is 0 Å². The number of aromatic nitrogens is 2. The number of nitrogens with one attached hydrogen (secondary N) is 1. The summed E-state index contributed by atoms with van der Waals surface area (Å²) in [4.78, 5) is 10.1. The Morgan fingerprint density at radius 2 is 1.95 bits per heavy atom. The molecule has 1 N–H and O–H groups in total. The standard InChI is InChI=1S/C16H19N3S/c1-11-3-4-12(2)15(7-11)20-16-18-9-13(10-19-16)8-17-14-5-6-14/h3-4,7,9-10,14,17H,5-6,8H2,1-2H3. The van der Waals surface area contributed by atoms with Crippen LogP contribution in [0.15, 0.2) is 40.6 Å². The average molecular weight is 285 g/mol. The second-order valence-corrected chi connectivity index (χ2v) is 6.41. The molecule has 1 aromatic carbocycles. The van der Waals surface area contributed by atoms with Crippen molar-refractivity contribution in [2.45, 2.75) is 49.3 Å². The van der Waals surface area contributed by atoms with Crippen molar-refractivity contribution >= 4 is 11.8 Å². The third kappa shape index (κ3) is 3.58. The normalized spacial score (nSPS) is 14.5. The first kappa shape index (κ1) is 13.6. The van der Waals surface area contributed by atoms with E-state index in [0.29, 0.717) is 0 Å². The van der Waals surface area contributed by atoms with Crippen molar-refractivity contribution in [2.24, 2.45) is 0 Å². The van der Waals surface area contributed by atoms with Gasteiger partial charge in [-0.05, 0) is 55.6 Å². The molecular formula is C16H19N3S. The van der Waals surface area contributed by atoms with Crippen LogP contribution in [0.5, 0.6) is 0 Å². The summed E-state index contributed by atoms with van der Waals surface area (Å²) in [5, 5.41) is 4.29. The Labute approximate surface area is 124 Å². The van der Waals surface area contributed by atoms with Gasteiger partial charge in [-0.25, -0.2) is 9.97 Å². The summed E-state index contributed by atoms with van der Waals surface area (Å²) in [6.45, 7) is 5.10. The van der Waals surface area contributed by atoms with E-state index < -0.39 is 0 Å². The van der Waals surface area contributed by atoms with Gasteiger partial charge < -0.3 is 5.32 Å². The molecule has 0 atom stereocenters. The Bertz CT molecular complexity index is 591. The highest BCUT2D eigenvalue weighted by atomic mass is 32.2.